The van der Waals surface area contributed by atoms with Crippen LogP contribution in [0.4, 0.5) is 0 Å². The molecule has 0 unspecified atom stereocenters. The Bertz CT molecular complexity index is 994. The Labute approximate surface area is 159 Å². The quantitative estimate of drug-likeness (QED) is 0.653. The molecule has 1 N–H and O–H groups in total. The van der Waals surface area contributed by atoms with Gasteiger partial charge >= 0.3 is 0 Å². The van der Waals surface area contributed by atoms with Gasteiger partial charge in [-0.1, -0.05) is 54.6 Å². The summed E-state index contributed by atoms with van der Waals surface area (Å²) in [6, 6.07) is 19.1. The number of carbonyl (C=O) groups excluding carboxylic acids is 2. The van der Waals surface area contributed by atoms with Gasteiger partial charge in [0.15, 0.2) is 12.4 Å². The number of amides is 1. The van der Waals surface area contributed by atoms with Crippen molar-refractivity contribution >= 4 is 22.5 Å². The van der Waals surface area contributed by atoms with Gasteiger partial charge in [0.25, 0.3) is 5.91 Å². The zero-order valence-corrected chi connectivity index (χ0v) is 15.8. The zero-order valence-electron chi connectivity index (χ0n) is 15.8. The van der Waals surface area contributed by atoms with Gasteiger partial charge < -0.3 is 10.1 Å². The van der Waals surface area contributed by atoms with E-state index >= 15 is 0 Å². The summed E-state index contributed by atoms with van der Waals surface area (Å²) >= 11 is 0. The van der Waals surface area contributed by atoms with Gasteiger partial charge in [-0.3, -0.25) is 9.59 Å². The van der Waals surface area contributed by atoms with E-state index in [1.54, 1.807) is 6.07 Å². The molecule has 4 heteroatoms. The molecule has 0 saturated heterocycles. The van der Waals surface area contributed by atoms with Crippen LogP contribution >= 0.6 is 0 Å². The summed E-state index contributed by atoms with van der Waals surface area (Å²) in [7, 11) is 0. The van der Waals surface area contributed by atoms with Gasteiger partial charge in [0.2, 0.25) is 0 Å². The van der Waals surface area contributed by atoms with Gasteiger partial charge in [0.1, 0.15) is 5.75 Å². The Kier molecular flexibility index (Phi) is 5.55. The minimum Gasteiger partial charge on any atom is -0.482 e. The molecule has 27 heavy (non-hydrogen) atoms. The maximum absolute atomic E-state index is 12.4. The average Bonchev–Trinajstić information content (AvgIpc) is 2.66. The molecule has 1 atom stereocenters. The van der Waals surface area contributed by atoms with Gasteiger partial charge in [-0.15, -0.1) is 0 Å². The maximum Gasteiger partial charge on any atom is 0.258 e. The van der Waals surface area contributed by atoms with E-state index < -0.39 is 0 Å². The normalized spacial score (nSPS) is 11.8. The molecular formula is C23H23NO3. The number of hydrogen-bond acceptors (Lipinski definition) is 3. The van der Waals surface area contributed by atoms with Crippen LogP contribution in [0.1, 0.15) is 41.4 Å². The first-order chi connectivity index (χ1) is 13.0. The van der Waals surface area contributed by atoms with E-state index in [0.717, 1.165) is 21.9 Å². The third-order valence-electron chi connectivity index (χ3n) is 4.64. The first-order valence-electron chi connectivity index (χ1n) is 8.97. The SMILES string of the molecule is CC(=O)c1ccc2ccccc2c1OCC(=O)N[C@H](C)c1ccccc1C. The lowest BCUT2D eigenvalue weighted by Gasteiger charge is -2.18. The summed E-state index contributed by atoms with van der Waals surface area (Å²) in [6.45, 7) is 5.31. The topological polar surface area (TPSA) is 55.4 Å². The van der Waals surface area contributed by atoms with Crippen molar-refractivity contribution in [2.75, 3.05) is 6.61 Å². The highest BCUT2D eigenvalue weighted by atomic mass is 16.5. The number of rotatable bonds is 6. The summed E-state index contributed by atoms with van der Waals surface area (Å²) in [6.07, 6.45) is 0. The molecule has 3 aromatic carbocycles. The molecule has 0 heterocycles. The van der Waals surface area contributed by atoms with Crippen molar-refractivity contribution in [3.8, 4) is 5.75 Å². The third-order valence-corrected chi connectivity index (χ3v) is 4.64. The largest absolute Gasteiger partial charge is 0.482 e. The second kappa shape index (κ2) is 8.04. The summed E-state index contributed by atoms with van der Waals surface area (Å²) < 4.78 is 5.81. The number of benzene rings is 3. The number of ether oxygens (including phenoxy) is 1. The van der Waals surface area contributed by atoms with E-state index in [4.69, 9.17) is 4.74 Å². The van der Waals surface area contributed by atoms with Crippen LogP contribution in [0.3, 0.4) is 0 Å². The van der Waals surface area contributed by atoms with Crippen LogP contribution in [0.5, 0.6) is 5.75 Å². The third kappa shape index (κ3) is 4.17. The molecule has 1 amide bonds. The molecule has 3 aromatic rings. The van der Waals surface area contributed by atoms with Crippen molar-refractivity contribution in [2.45, 2.75) is 26.8 Å². The minimum absolute atomic E-state index is 0.0931. The van der Waals surface area contributed by atoms with Crippen molar-refractivity contribution < 1.29 is 14.3 Å². The Balaban J connectivity index is 1.76. The van der Waals surface area contributed by atoms with E-state index in [-0.39, 0.29) is 24.3 Å². The molecule has 3 rings (SSSR count). The lowest BCUT2D eigenvalue weighted by molar-refractivity contribution is -0.123. The van der Waals surface area contributed by atoms with Gasteiger partial charge in [-0.05, 0) is 43.4 Å². The van der Waals surface area contributed by atoms with Crippen molar-refractivity contribution in [2.24, 2.45) is 0 Å². The lowest BCUT2D eigenvalue weighted by Crippen LogP contribution is -2.31. The number of ketones is 1. The fourth-order valence-corrected chi connectivity index (χ4v) is 3.25. The van der Waals surface area contributed by atoms with Crippen molar-refractivity contribution in [3.63, 3.8) is 0 Å². The Morgan fingerprint density at radius 2 is 1.70 bits per heavy atom. The van der Waals surface area contributed by atoms with Crippen LogP contribution in [0, 0.1) is 6.92 Å². The molecule has 0 aliphatic carbocycles. The fourth-order valence-electron chi connectivity index (χ4n) is 3.25. The maximum atomic E-state index is 12.4. The van der Waals surface area contributed by atoms with Crippen LogP contribution < -0.4 is 10.1 Å². The highest BCUT2D eigenvalue weighted by Gasteiger charge is 2.16. The molecule has 138 valence electrons. The van der Waals surface area contributed by atoms with Gasteiger partial charge in [0, 0.05) is 5.39 Å². The smallest absolute Gasteiger partial charge is 0.258 e. The fraction of sp³-hybridized carbons (Fsp3) is 0.217. The van der Waals surface area contributed by atoms with E-state index in [1.807, 2.05) is 68.4 Å². The summed E-state index contributed by atoms with van der Waals surface area (Å²) in [5, 5.41) is 4.74. The minimum atomic E-state index is -0.229. The highest BCUT2D eigenvalue weighted by Crippen LogP contribution is 2.30. The second-order valence-electron chi connectivity index (χ2n) is 6.65. The van der Waals surface area contributed by atoms with Crippen LogP contribution in [0.2, 0.25) is 0 Å². The Morgan fingerprint density at radius 1 is 1.00 bits per heavy atom. The van der Waals surface area contributed by atoms with Crippen LogP contribution in [-0.4, -0.2) is 18.3 Å². The van der Waals surface area contributed by atoms with Crippen LogP contribution in [0.25, 0.3) is 10.8 Å². The molecule has 0 aliphatic heterocycles. The van der Waals surface area contributed by atoms with Crippen LogP contribution in [0.15, 0.2) is 60.7 Å². The Morgan fingerprint density at radius 3 is 2.44 bits per heavy atom. The molecule has 0 radical (unpaired) electrons. The standard InChI is InChI=1S/C23H23NO3/c1-15-8-4-6-10-19(15)16(2)24-22(26)14-27-23-20(17(3)25)13-12-18-9-5-7-11-21(18)23/h4-13,16H,14H2,1-3H3,(H,24,26)/t16-/m1/s1. The van der Waals surface area contributed by atoms with Crippen molar-refractivity contribution in [1.29, 1.82) is 0 Å². The van der Waals surface area contributed by atoms with Crippen molar-refractivity contribution in [1.82, 2.24) is 5.32 Å². The van der Waals surface area contributed by atoms with E-state index in [1.165, 1.54) is 6.92 Å². The number of Topliss-reactive ketones (excluding diaryl/α,β-unsaturated/α-hetero) is 1. The van der Waals surface area contributed by atoms with E-state index in [0.29, 0.717) is 11.3 Å². The predicted octanol–water partition coefficient (Wildman–Crippen LogP) is 4.61. The first-order valence-corrected chi connectivity index (χ1v) is 8.97. The zero-order chi connectivity index (χ0) is 19.4. The second-order valence-corrected chi connectivity index (χ2v) is 6.65. The summed E-state index contributed by atoms with van der Waals surface area (Å²) in [5.41, 5.74) is 2.67. The van der Waals surface area contributed by atoms with Crippen LogP contribution in [-0.2, 0) is 4.79 Å². The lowest BCUT2D eigenvalue weighted by atomic mass is 10.0. The molecule has 0 saturated carbocycles. The first kappa shape index (κ1) is 18.6. The van der Waals surface area contributed by atoms with Gasteiger partial charge in [-0.25, -0.2) is 0 Å². The van der Waals surface area contributed by atoms with E-state index in [9.17, 15) is 9.59 Å². The van der Waals surface area contributed by atoms with Crippen molar-refractivity contribution in [3.05, 3.63) is 77.4 Å². The molecule has 0 fully saturated rings. The number of fused-ring (bicyclic) bond motifs is 1. The molecule has 0 bridgehead atoms. The highest BCUT2D eigenvalue weighted by molar-refractivity contribution is 6.03. The number of carbonyl (C=O) groups is 2. The molecule has 0 aromatic heterocycles. The Hall–Kier alpha value is -3.14. The van der Waals surface area contributed by atoms with Gasteiger partial charge in [0.05, 0.1) is 11.6 Å². The molecule has 0 aliphatic rings. The average molecular weight is 361 g/mol. The summed E-state index contributed by atoms with van der Waals surface area (Å²) in [5.74, 6) is 0.136. The monoisotopic (exact) mass is 361 g/mol. The molecule has 0 spiro atoms. The van der Waals surface area contributed by atoms with E-state index in [2.05, 4.69) is 5.32 Å². The number of aryl methyl sites for hydroxylation is 1. The number of hydrogen-bond donors (Lipinski definition) is 1. The predicted molar refractivity (Wildman–Crippen MR) is 107 cm³/mol. The summed E-state index contributed by atoms with van der Waals surface area (Å²) in [4.78, 5) is 24.4. The molecular weight excluding hydrogens is 338 g/mol. The van der Waals surface area contributed by atoms with Gasteiger partial charge in [-0.2, -0.15) is 0 Å². The number of nitrogens with one attached hydrogen (secondary N) is 1. The molecule has 4 nitrogen and oxygen atoms in total.